The SMILES string of the molecule is CCOc1cc(CC(CN)c2cc(C)cc(C)c2)cc(Cl)c1OC. The molecule has 0 aromatic heterocycles. The van der Waals surface area contributed by atoms with Crippen molar-refractivity contribution in [3.63, 3.8) is 0 Å². The summed E-state index contributed by atoms with van der Waals surface area (Å²) < 4.78 is 11.0. The summed E-state index contributed by atoms with van der Waals surface area (Å²) >= 11 is 6.36. The molecule has 0 aliphatic heterocycles. The molecule has 2 aromatic rings. The first kappa shape index (κ1) is 18.6. The average molecular weight is 348 g/mol. The zero-order chi connectivity index (χ0) is 17.7. The summed E-state index contributed by atoms with van der Waals surface area (Å²) in [4.78, 5) is 0. The zero-order valence-electron chi connectivity index (χ0n) is 14.9. The van der Waals surface area contributed by atoms with E-state index in [1.807, 2.05) is 19.1 Å². The molecule has 0 spiro atoms. The number of nitrogens with two attached hydrogens (primary N) is 1. The van der Waals surface area contributed by atoms with Gasteiger partial charge in [-0.25, -0.2) is 0 Å². The predicted octanol–water partition coefficient (Wildman–Crippen LogP) is 4.65. The van der Waals surface area contributed by atoms with E-state index in [-0.39, 0.29) is 5.92 Å². The highest BCUT2D eigenvalue weighted by molar-refractivity contribution is 6.32. The van der Waals surface area contributed by atoms with Gasteiger partial charge in [0.15, 0.2) is 11.5 Å². The lowest BCUT2D eigenvalue weighted by Gasteiger charge is -2.19. The number of benzene rings is 2. The van der Waals surface area contributed by atoms with Gasteiger partial charge in [0.1, 0.15) is 0 Å². The fourth-order valence-corrected chi connectivity index (χ4v) is 3.38. The van der Waals surface area contributed by atoms with Gasteiger partial charge >= 0.3 is 0 Å². The van der Waals surface area contributed by atoms with Crippen LogP contribution in [0.3, 0.4) is 0 Å². The van der Waals surface area contributed by atoms with Crippen LogP contribution in [0.2, 0.25) is 5.02 Å². The summed E-state index contributed by atoms with van der Waals surface area (Å²) in [5.74, 6) is 1.50. The van der Waals surface area contributed by atoms with Crippen molar-refractivity contribution in [2.45, 2.75) is 33.1 Å². The lowest BCUT2D eigenvalue weighted by molar-refractivity contribution is 0.310. The number of methoxy groups -OCH3 is 1. The van der Waals surface area contributed by atoms with Crippen LogP contribution in [0.5, 0.6) is 11.5 Å². The highest BCUT2D eigenvalue weighted by atomic mass is 35.5. The second-order valence-electron chi connectivity index (χ2n) is 6.10. The van der Waals surface area contributed by atoms with Crippen molar-refractivity contribution >= 4 is 11.6 Å². The number of halogens is 1. The summed E-state index contributed by atoms with van der Waals surface area (Å²) in [6.07, 6.45) is 0.809. The molecule has 1 unspecified atom stereocenters. The van der Waals surface area contributed by atoms with Gasteiger partial charge in [-0.05, 0) is 57.0 Å². The lowest BCUT2D eigenvalue weighted by Crippen LogP contribution is -2.15. The Morgan fingerprint density at radius 2 is 1.75 bits per heavy atom. The van der Waals surface area contributed by atoms with E-state index in [1.165, 1.54) is 16.7 Å². The van der Waals surface area contributed by atoms with Crippen molar-refractivity contribution in [3.05, 3.63) is 57.6 Å². The maximum atomic E-state index is 6.36. The van der Waals surface area contributed by atoms with Gasteiger partial charge in [0.05, 0.1) is 18.7 Å². The topological polar surface area (TPSA) is 44.5 Å². The van der Waals surface area contributed by atoms with Crippen LogP contribution < -0.4 is 15.2 Å². The van der Waals surface area contributed by atoms with Gasteiger partial charge in [0.2, 0.25) is 0 Å². The van der Waals surface area contributed by atoms with Crippen molar-refractivity contribution in [1.29, 1.82) is 0 Å². The van der Waals surface area contributed by atoms with Crippen molar-refractivity contribution in [2.24, 2.45) is 5.73 Å². The van der Waals surface area contributed by atoms with Gasteiger partial charge in [0, 0.05) is 5.92 Å². The molecule has 2 rings (SSSR count). The Hall–Kier alpha value is -1.71. The molecule has 0 radical (unpaired) electrons. The van der Waals surface area contributed by atoms with Gasteiger partial charge < -0.3 is 15.2 Å². The smallest absolute Gasteiger partial charge is 0.179 e. The molecule has 2 aromatic carbocycles. The van der Waals surface area contributed by atoms with Crippen LogP contribution in [-0.2, 0) is 6.42 Å². The van der Waals surface area contributed by atoms with Crippen LogP contribution in [0, 0.1) is 13.8 Å². The van der Waals surface area contributed by atoms with Crippen molar-refractivity contribution in [3.8, 4) is 11.5 Å². The molecule has 0 amide bonds. The standard InChI is InChI=1S/C20H26ClNO2/c1-5-24-19-11-15(10-18(21)20(19)23-4)9-17(12-22)16-7-13(2)6-14(3)8-16/h6-8,10-11,17H,5,9,12,22H2,1-4H3. The van der Waals surface area contributed by atoms with Gasteiger partial charge in [-0.15, -0.1) is 0 Å². The van der Waals surface area contributed by atoms with E-state index in [0.717, 1.165) is 12.0 Å². The quantitative estimate of drug-likeness (QED) is 0.792. The third-order valence-corrected chi connectivity index (χ3v) is 4.34. The van der Waals surface area contributed by atoms with Crippen molar-refractivity contribution in [2.75, 3.05) is 20.3 Å². The van der Waals surface area contributed by atoms with Crippen LogP contribution >= 0.6 is 11.6 Å². The molecule has 0 bridgehead atoms. The van der Waals surface area contributed by atoms with E-state index < -0.39 is 0 Å². The normalized spacial score (nSPS) is 12.1. The summed E-state index contributed by atoms with van der Waals surface area (Å²) in [5.41, 5.74) is 10.9. The minimum absolute atomic E-state index is 0.238. The van der Waals surface area contributed by atoms with Crippen molar-refractivity contribution < 1.29 is 9.47 Å². The van der Waals surface area contributed by atoms with E-state index in [4.69, 9.17) is 26.8 Å². The van der Waals surface area contributed by atoms with Crippen LogP contribution in [-0.4, -0.2) is 20.3 Å². The van der Waals surface area contributed by atoms with Crippen LogP contribution in [0.25, 0.3) is 0 Å². The molecule has 24 heavy (non-hydrogen) atoms. The van der Waals surface area contributed by atoms with Gasteiger partial charge in [0.25, 0.3) is 0 Å². The summed E-state index contributed by atoms with van der Waals surface area (Å²) in [6.45, 7) is 7.31. The Kier molecular flexibility index (Phi) is 6.52. The first-order valence-electron chi connectivity index (χ1n) is 8.25. The summed E-state index contributed by atoms with van der Waals surface area (Å²) in [5, 5.41) is 0.564. The van der Waals surface area contributed by atoms with E-state index in [1.54, 1.807) is 7.11 Å². The van der Waals surface area contributed by atoms with E-state index in [2.05, 4.69) is 32.0 Å². The molecular formula is C20H26ClNO2. The molecule has 2 N–H and O–H groups in total. The molecule has 0 heterocycles. The molecule has 0 saturated heterocycles. The molecule has 4 heteroatoms. The Morgan fingerprint density at radius 1 is 1.08 bits per heavy atom. The average Bonchev–Trinajstić information content (AvgIpc) is 2.52. The van der Waals surface area contributed by atoms with Crippen LogP contribution in [0.4, 0.5) is 0 Å². The predicted molar refractivity (Wildman–Crippen MR) is 101 cm³/mol. The highest BCUT2D eigenvalue weighted by Crippen LogP contribution is 2.37. The van der Waals surface area contributed by atoms with Crippen molar-refractivity contribution in [1.82, 2.24) is 0 Å². The molecule has 1 atom stereocenters. The third-order valence-electron chi connectivity index (χ3n) is 4.06. The van der Waals surface area contributed by atoms with Crippen LogP contribution in [0.1, 0.15) is 35.1 Å². The second-order valence-corrected chi connectivity index (χ2v) is 6.51. The fraction of sp³-hybridized carbons (Fsp3) is 0.400. The molecule has 3 nitrogen and oxygen atoms in total. The summed E-state index contributed by atoms with van der Waals surface area (Å²) in [7, 11) is 1.60. The maximum absolute atomic E-state index is 6.36. The Bertz CT molecular complexity index is 680. The minimum Gasteiger partial charge on any atom is -0.491 e. The van der Waals surface area contributed by atoms with E-state index >= 15 is 0 Å². The minimum atomic E-state index is 0.238. The number of aryl methyl sites for hydroxylation is 2. The van der Waals surface area contributed by atoms with E-state index in [9.17, 15) is 0 Å². The molecule has 0 aliphatic carbocycles. The highest BCUT2D eigenvalue weighted by Gasteiger charge is 2.16. The van der Waals surface area contributed by atoms with Gasteiger partial charge in [-0.2, -0.15) is 0 Å². The Balaban J connectivity index is 2.33. The Morgan fingerprint density at radius 3 is 2.29 bits per heavy atom. The van der Waals surface area contributed by atoms with Gasteiger partial charge in [-0.1, -0.05) is 40.9 Å². The molecule has 0 fully saturated rings. The first-order valence-corrected chi connectivity index (χ1v) is 8.63. The second kappa shape index (κ2) is 8.41. The molecule has 0 aliphatic rings. The molecular weight excluding hydrogens is 322 g/mol. The van der Waals surface area contributed by atoms with E-state index in [0.29, 0.717) is 29.7 Å². The van der Waals surface area contributed by atoms with Gasteiger partial charge in [-0.3, -0.25) is 0 Å². The largest absolute Gasteiger partial charge is 0.491 e. The monoisotopic (exact) mass is 347 g/mol. The zero-order valence-corrected chi connectivity index (χ0v) is 15.6. The third kappa shape index (κ3) is 4.43. The molecule has 0 saturated carbocycles. The number of hydrogen-bond donors (Lipinski definition) is 1. The molecule has 130 valence electrons. The number of hydrogen-bond acceptors (Lipinski definition) is 3. The van der Waals surface area contributed by atoms with Crippen LogP contribution in [0.15, 0.2) is 30.3 Å². The number of ether oxygens (including phenoxy) is 2. The Labute approximate surface area is 149 Å². The number of rotatable bonds is 7. The lowest BCUT2D eigenvalue weighted by atomic mass is 9.90. The maximum Gasteiger partial charge on any atom is 0.179 e. The summed E-state index contributed by atoms with van der Waals surface area (Å²) in [6, 6.07) is 10.5. The fourth-order valence-electron chi connectivity index (χ4n) is 3.07. The first-order chi connectivity index (χ1) is 11.5.